The van der Waals surface area contributed by atoms with Crippen molar-refractivity contribution in [3.05, 3.63) is 62.9 Å². The Morgan fingerprint density at radius 3 is 2.40 bits per heavy atom. The minimum atomic E-state index is -0.189. The van der Waals surface area contributed by atoms with Crippen LogP contribution in [0.5, 0.6) is 5.75 Å². The second-order valence-corrected chi connectivity index (χ2v) is 6.48. The average molecular weight is 402 g/mol. The third-order valence-corrected chi connectivity index (χ3v) is 5.13. The Balaban J connectivity index is 2.49. The van der Waals surface area contributed by atoms with Crippen molar-refractivity contribution in [3.63, 3.8) is 0 Å². The van der Waals surface area contributed by atoms with E-state index in [0.29, 0.717) is 5.56 Å². The number of methoxy groups -OCH3 is 1. The van der Waals surface area contributed by atoms with Gasteiger partial charge in [0.1, 0.15) is 11.6 Å². The lowest BCUT2D eigenvalue weighted by Gasteiger charge is -2.17. The van der Waals surface area contributed by atoms with Crippen molar-refractivity contribution in [2.24, 2.45) is 0 Å². The van der Waals surface area contributed by atoms with E-state index in [1.165, 1.54) is 6.07 Å². The Bertz CT molecular complexity index is 641. The van der Waals surface area contributed by atoms with Crippen LogP contribution in [0.15, 0.2) is 34.8 Å². The summed E-state index contributed by atoms with van der Waals surface area (Å²) in [6, 6.07) is 9.15. The van der Waals surface area contributed by atoms with Gasteiger partial charge < -0.3 is 4.74 Å². The highest BCUT2D eigenvalue weighted by Crippen LogP contribution is 2.39. The number of hydrogen-bond donors (Lipinski definition) is 0. The van der Waals surface area contributed by atoms with Gasteiger partial charge in [-0.2, -0.15) is 0 Å². The molecule has 0 aliphatic rings. The van der Waals surface area contributed by atoms with Crippen LogP contribution < -0.4 is 4.74 Å². The summed E-state index contributed by atoms with van der Waals surface area (Å²) < 4.78 is 19.9. The van der Waals surface area contributed by atoms with E-state index >= 15 is 0 Å². The topological polar surface area (TPSA) is 9.23 Å². The van der Waals surface area contributed by atoms with Crippen molar-refractivity contribution in [2.75, 3.05) is 7.11 Å². The van der Waals surface area contributed by atoms with Gasteiger partial charge in [-0.25, -0.2) is 4.39 Å². The van der Waals surface area contributed by atoms with E-state index < -0.39 is 0 Å². The molecule has 0 radical (unpaired) electrons. The van der Waals surface area contributed by atoms with E-state index in [9.17, 15) is 4.39 Å². The Hall–Kier alpha value is -0.870. The second kappa shape index (κ2) is 6.27. The van der Waals surface area contributed by atoms with Crippen LogP contribution in [0, 0.1) is 19.7 Å². The first kappa shape index (κ1) is 15.5. The van der Waals surface area contributed by atoms with Crippen LogP contribution in [0.4, 0.5) is 4.39 Å². The SMILES string of the molecule is COc1cc(C)c(Br)cc1C(Br)c1ccc(F)c(C)c1. The number of halogens is 3. The minimum absolute atomic E-state index is 0.0475. The molecule has 1 nitrogen and oxygen atoms in total. The molecule has 0 saturated heterocycles. The molecule has 106 valence electrons. The number of alkyl halides is 1. The molecule has 2 aromatic rings. The van der Waals surface area contributed by atoms with E-state index in [-0.39, 0.29) is 10.6 Å². The van der Waals surface area contributed by atoms with Gasteiger partial charge in [0, 0.05) is 10.0 Å². The Kier molecular flexibility index (Phi) is 4.86. The van der Waals surface area contributed by atoms with Crippen LogP contribution in [0.3, 0.4) is 0 Å². The maximum Gasteiger partial charge on any atom is 0.126 e. The van der Waals surface area contributed by atoms with Crippen molar-refractivity contribution in [2.45, 2.75) is 18.7 Å². The maximum atomic E-state index is 13.4. The lowest BCUT2D eigenvalue weighted by molar-refractivity contribution is 0.410. The first-order valence-electron chi connectivity index (χ1n) is 6.18. The molecule has 0 N–H and O–H groups in total. The predicted molar refractivity (Wildman–Crippen MR) is 87.3 cm³/mol. The van der Waals surface area contributed by atoms with E-state index in [4.69, 9.17) is 4.74 Å². The highest BCUT2D eigenvalue weighted by molar-refractivity contribution is 9.10. The van der Waals surface area contributed by atoms with E-state index in [1.54, 1.807) is 20.1 Å². The van der Waals surface area contributed by atoms with Gasteiger partial charge >= 0.3 is 0 Å². The molecule has 0 fully saturated rings. The summed E-state index contributed by atoms with van der Waals surface area (Å²) in [5, 5.41) is 0. The highest BCUT2D eigenvalue weighted by Gasteiger charge is 2.17. The van der Waals surface area contributed by atoms with Crippen LogP contribution in [0.2, 0.25) is 0 Å². The van der Waals surface area contributed by atoms with Gasteiger partial charge in [-0.1, -0.05) is 44.0 Å². The van der Waals surface area contributed by atoms with Crippen LogP contribution in [0.25, 0.3) is 0 Å². The monoisotopic (exact) mass is 400 g/mol. The van der Waals surface area contributed by atoms with E-state index in [0.717, 1.165) is 26.9 Å². The molecule has 1 unspecified atom stereocenters. The van der Waals surface area contributed by atoms with Crippen molar-refractivity contribution >= 4 is 31.9 Å². The molecule has 0 aromatic heterocycles. The van der Waals surface area contributed by atoms with Crippen molar-refractivity contribution in [1.29, 1.82) is 0 Å². The summed E-state index contributed by atoms with van der Waals surface area (Å²) in [6.45, 7) is 3.78. The maximum absolute atomic E-state index is 13.4. The summed E-state index contributed by atoms with van der Waals surface area (Å²) >= 11 is 7.22. The van der Waals surface area contributed by atoms with Gasteiger partial charge in [0.25, 0.3) is 0 Å². The zero-order chi connectivity index (χ0) is 14.9. The number of aryl methyl sites for hydroxylation is 2. The molecule has 0 heterocycles. The minimum Gasteiger partial charge on any atom is -0.496 e. The van der Waals surface area contributed by atoms with Crippen molar-refractivity contribution < 1.29 is 9.13 Å². The molecule has 0 aliphatic heterocycles. The lowest BCUT2D eigenvalue weighted by Crippen LogP contribution is -1.99. The molecule has 4 heteroatoms. The molecule has 0 amide bonds. The van der Waals surface area contributed by atoms with Gasteiger partial charge in [0.05, 0.1) is 11.9 Å². The van der Waals surface area contributed by atoms with Crippen LogP contribution in [-0.2, 0) is 0 Å². The molecule has 0 spiro atoms. The highest BCUT2D eigenvalue weighted by atomic mass is 79.9. The Morgan fingerprint density at radius 1 is 1.10 bits per heavy atom. The summed E-state index contributed by atoms with van der Waals surface area (Å²) in [6.07, 6.45) is 0. The van der Waals surface area contributed by atoms with Gasteiger partial charge in [0.15, 0.2) is 0 Å². The fourth-order valence-corrected chi connectivity index (χ4v) is 3.05. The Labute approximate surface area is 135 Å². The first-order chi connectivity index (χ1) is 9.43. The average Bonchev–Trinajstić information content (AvgIpc) is 2.43. The summed E-state index contributed by atoms with van der Waals surface area (Å²) in [5.41, 5.74) is 3.76. The molecule has 2 aromatic carbocycles. The number of benzene rings is 2. The summed E-state index contributed by atoms with van der Waals surface area (Å²) in [5.74, 6) is 0.625. The van der Waals surface area contributed by atoms with Gasteiger partial charge in [0.2, 0.25) is 0 Å². The van der Waals surface area contributed by atoms with Crippen LogP contribution in [0.1, 0.15) is 27.1 Å². The first-order valence-corrected chi connectivity index (χ1v) is 7.89. The summed E-state index contributed by atoms with van der Waals surface area (Å²) in [7, 11) is 1.65. The third kappa shape index (κ3) is 3.07. The van der Waals surface area contributed by atoms with Crippen molar-refractivity contribution in [1.82, 2.24) is 0 Å². The van der Waals surface area contributed by atoms with E-state index in [2.05, 4.69) is 31.9 Å². The van der Waals surface area contributed by atoms with Crippen molar-refractivity contribution in [3.8, 4) is 5.75 Å². The van der Waals surface area contributed by atoms with Gasteiger partial charge in [-0.05, 0) is 48.7 Å². The standard InChI is InChI=1S/C16H15Br2FO/c1-9-7-15(20-3)12(8-13(9)17)16(18)11-4-5-14(19)10(2)6-11/h4-8,16H,1-3H3. The molecule has 2 rings (SSSR count). The second-order valence-electron chi connectivity index (χ2n) is 4.71. The zero-order valence-electron chi connectivity index (χ0n) is 11.5. The lowest BCUT2D eigenvalue weighted by atomic mass is 10.0. The van der Waals surface area contributed by atoms with E-state index in [1.807, 2.05) is 25.1 Å². The Morgan fingerprint density at radius 2 is 1.80 bits per heavy atom. The van der Waals surface area contributed by atoms with Gasteiger partial charge in [-0.15, -0.1) is 0 Å². The molecule has 1 atom stereocenters. The molecule has 0 saturated carbocycles. The summed E-state index contributed by atoms with van der Waals surface area (Å²) in [4.78, 5) is -0.0475. The van der Waals surface area contributed by atoms with Crippen LogP contribution in [-0.4, -0.2) is 7.11 Å². The molecule has 20 heavy (non-hydrogen) atoms. The molecule has 0 aliphatic carbocycles. The molecule has 0 bridgehead atoms. The quantitative estimate of drug-likeness (QED) is 0.599. The van der Waals surface area contributed by atoms with Crippen LogP contribution >= 0.6 is 31.9 Å². The molecular formula is C16H15Br2FO. The fourth-order valence-electron chi connectivity index (χ4n) is 2.05. The largest absolute Gasteiger partial charge is 0.496 e. The normalized spacial score (nSPS) is 12.3. The predicted octanol–water partition coefficient (Wildman–Crippen LogP) is 5.70. The number of hydrogen-bond acceptors (Lipinski definition) is 1. The number of rotatable bonds is 3. The van der Waals surface area contributed by atoms with Gasteiger partial charge in [-0.3, -0.25) is 0 Å². The smallest absolute Gasteiger partial charge is 0.126 e. The third-order valence-electron chi connectivity index (χ3n) is 3.26. The number of ether oxygens (including phenoxy) is 1. The zero-order valence-corrected chi connectivity index (χ0v) is 14.7. The fraction of sp³-hybridized carbons (Fsp3) is 0.250. The molecular weight excluding hydrogens is 387 g/mol.